The average Bonchev–Trinajstić information content (AvgIpc) is 3.42. The molecule has 2 atom stereocenters. The van der Waals surface area contributed by atoms with E-state index in [1.807, 2.05) is 26.1 Å². The number of halogens is 1. The fraction of sp³-hybridized carbons (Fsp3) is 0.519. The zero-order valence-corrected chi connectivity index (χ0v) is 23.1. The lowest BCUT2D eigenvalue weighted by molar-refractivity contribution is 0.283. The van der Waals surface area contributed by atoms with Crippen LogP contribution in [0.15, 0.2) is 38.9 Å². The smallest absolute Gasteiger partial charge is 0.165 e. The summed E-state index contributed by atoms with van der Waals surface area (Å²) in [6.45, 7) is 8.44. The second-order valence-corrected chi connectivity index (χ2v) is 12.5. The van der Waals surface area contributed by atoms with E-state index in [0.717, 1.165) is 39.8 Å². The molecular weight excluding hydrogens is 509 g/mol. The van der Waals surface area contributed by atoms with Gasteiger partial charge < -0.3 is 14.2 Å². The van der Waals surface area contributed by atoms with E-state index in [1.165, 1.54) is 13.2 Å². The van der Waals surface area contributed by atoms with Crippen LogP contribution in [0.3, 0.4) is 0 Å². The van der Waals surface area contributed by atoms with Crippen LogP contribution in [0.5, 0.6) is 5.75 Å². The van der Waals surface area contributed by atoms with Gasteiger partial charge in [0.2, 0.25) is 0 Å². The third-order valence-electron chi connectivity index (χ3n) is 7.69. The van der Waals surface area contributed by atoms with Crippen molar-refractivity contribution >= 4 is 27.1 Å². The largest absolute Gasteiger partial charge is 0.494 e. The molecule has 0 bridgehead atoms. The maximum Gasteiger partial charge on any atom is 0.165 e. The van der Waals surface area contributed by atoms with Crippen LogP contribution in [0, 0.1) is 25.6 Å². The lowest BCUT2D eigenvalue weighted by Crippen LogP contribution is -2.46. The number of aryl methyl sites for hydroxylation is 3. The molecule has 4 heterocycles. The topological polar surface area (TPSA) is 101 Å². The monoisotopic (exact) mass is 543 g/mol. The first-order valence-corrected chi connectivity index (χ1v) is 14.8. The molecule has 5 rings (SSSR count). The summed E-state index contributed by atoms with van der Waals surface area (Å²) in [5.74, 6) is 2.88. The van der Waals surface area contributed by atoms with Gasteiger partial charge in [0.1, 0.15) is 23.5 Å². The summed E-state index contributed by atoms with van der Waals surface area (Å²) in [5, 5.41) is 4.12. The Labute approximate surface area is 223 Å². The van der Waals surface area contributed by atoms with E-state index in [2.05, 4.69) is 21.9 Å². The molecule has 38 heavy (non-hydrogen) atoms. The standard InChI is InChI=1S/C27H34FN5O4S/c1-17-21(25-18(2)31-37-19(25)3)16-29-27-26(17)30-24(8-6-20-5-7-23(36-4)22(28)15-20)33(27)10-9-32-11-13-38(34,35)14-12-32/h5,7,15-17,26H,6,8-14H2,1-4H3. The highest BCUT2D eigenvalue weighted by Gasteiger charge is 2.40. The molecule has 0 spiro atoms. The molecule has 0 radical (unpaired) electrons. The second kappa shape index (κ2) is 10.6. The molecule has 1 aromatic heterocycles. The van der Waals surface area contributed by atoms with Crippen LogP contribution < -0.4 is 4.74 Å². The molecule has 0 saturated carbocycles. The van der Waals surface area contributed by atoms with Gasteiger partial charge in [-0.3, -0.25) is 9.89 Å². The molecule has 11 heteroatoms. The van der Waals surface area contributed by atoms with Gasteiger partial charge in [-0.05, 0) is 43.5 Å². The van der Waals surface area contributed by atoms with Crippen molar-refractivity contribution in [3.63, 3.8) is 0 Å². The predicted octanol–water partition coefficient (Wildman–Crippen LogP) is 3.27. The van der Waals surface area contributed by atoms with E-state index in [4.69, 9.17) is 19.2 Å². The van der Waals surface area contributed by atoms with Crippen molar-refractivity contribution in [2.24, 2.45) is 15.9 Å². The molecule has 204 valence electrons. The molecule has 2 unspecified atom stereocenters. The van der Waals surface area contributed by atoms with Crippen LogP contribution in [0.1, 0.15) is 35.9 Å². The Morgan fingerprint density at radius 2 is 1.92 bits per heavy atom. The first-order chi connectivity index (χ1) is 18.2. The Hall–Kier alpha value is -3.05. The Kier molecular flexibility index (Phi) is 7.41. The molecule has 3 aliphatic heterocycles. The van der Waals surface area contributed by atoms with Crippen molar-refractivity contribution < 1.29 is 22.1 Å². The highest BCUT2D eigenvalue weighted by molar-refractivity contribution is 7.91. The maximum atomic E-state index is 14.3. The van der Waals surface area contributed by atoms with Gasteiger partial charge in [0.25, 0.3) is 0 Å². The number of nitrogens with zero attached hydrogens (tertiary/aromatic N) is 5. The van der Waals surface area contributed by atoms with E-state index in [-0.39, 0.29) is 35.0 Å². The molecule has 0 N–H and O–H groups in total. The van der Waals surface area contributed by atoms with Gasteiger partial charge >= 0.3 is 0 Å². The van der Waals surface area contributed by atoms with Gasteiger partial charge in [-0.1, -0.05) is 18.1 Å². The van der Waals surface area contributed by atoms with Crippen molar-refractivity contribution in [1.29, 1.82) is 0 Å². The number of methoxy groups -OCH3 is 1. The summed E-state index contributed by atoms with van der Waals surface area (Å²) in [6.07, 6.45) is 3.15. The zero-order valence-electron chi connectivity index (χ0n) is 22.3. The third kappa shape index (κ3) is 5.26. The number of aromatic nitrogens is 1. The van der Waals surface area contributed by atoms with E-state index in [0.29, 0.717) is 39.0 Å². The predicted molar refractivity (Wildman–Crippen MR) is 145 cm³/mol. The molecule has 1 fully saturated rings. The minimum absolute atomic E-state index is 0.0675. The number of rotatable bonds is 8. The normalized spacial score (nSPS) is 23.1. The SMILES string of the molecule is COc1ccc(CCC2=NC3C(=NC=C(c4c(C)noc4C)C3C)N2CCN2CCS(=O)(=O)CC2)cc1F. The van der Waals surface area contributed by atoms with Crippen LogP contribution in [-0.2, 0) is 16.3 Å². The lowest BCUT2D eigenvalue weighted by atomic mass is 9.86. The molecule has 1 aromatic carbocycles. The summed E-state index contributed by atoms with van der Waals surface area (Å²) >= 11 is 0. The quantitative estimate of drug-likeness (QED) is 0.504. The maximum absolute atomic E-state index is 14.3. The van der Waals surface area contributed by atoms with Crippen molar-refractivity contribution in [2.75, 3.05) is 44.8 Å². The van der Waals surface area contributed by atoms with Gasteiger partial charge in [-0.15, -0.1) is 0 Å². The van der Waals surface area contributed by atoms with Crippen LogP contribution >= 0.6 is 0 Å². The second-order valence-electron chi connectivity index (χ2n) is 10.2. The minimum atomic E-state index is -2.94. The summed E-state index contributed by atoms with van der Waals surface area (Å²) in [7, 11) is -1.48. The van der Waals surface area contributed by atoms with Gasteiger partial charge in [0.05, 0.1) is 24.3 Å². The zero-order chi connectivity index (χ0) is 27.0. The van der Waals surface area contributed by atoms with E-state index in [9.17, 15) is 12.8 Å². The summed E-state index contributed by atoms with van der Waals surface area (Å²) in [5.41, 5.74) is 3.74. The molecule has 0 amide bonds. The highest BCUT2D eigenvalue weighted by Crippen LogP contribution is 2.37. The minimum Gasteiger partial charge on any atom is -0.494 e. The Morgan fingerprint density at radius 1 is 1.16 bits per heavy atom. The first-order valence-electron chi connectivity index (χ1n) is 13.0. The number of hydrogen-bond donors (Lipinski definition) is 0. The number of aliphatic imine (C=N–C) groups is 2. The fourth-order valence-electron chi connectivity index (χ4n) is 5.45. The molecule has 2 aromatic rings. The number of hydrogen-bond acceptors (Lipinski definition) is 9. The van der Waals surface area contributed by atoms with Gasteiger partial charge in [-0.2, -0.15) is 0 Å². The number of ether oxygens (including phenoxy) is 1. The number of benzene rings is 1. The molecule has 3 aliphatic rings. The molecule has 1 saturated heterocycles. The van der Waals surface area contributed by atoms with Crippen molar-refractivity contribution in [3.8, 4) is 5.75 Å². The third-order valence-corrected chi connectivity index (χ3v) is 9.30. The summed E-state index contributed by atoms with van der Waals surface area (Å²) in [4.78, 5) is 14.4. The van der Waals surface area contributed by atoms with E-state index < -0.39 is 9.84 Å². The number of fused-ring (bicyclic) bond motifs is 1. The average molecular weight is 544 g/mol. The first kappa shape index (κ1) is 26.6. The van der Waals surface area contributed by atoms with Crippen molar-refractivity contribution in [1.82, 2.24) is 15.0 Å². The van der Waals surface area contributed by atoms with E-state index in [1.54, 1.807) is 6.07 Å². The highest BCUT2D eigenvalue weighted by atomic mass is 32.2. The number of amidine groups is 2. The van der Waals surface area contributed by atoms with Crippen LogP contribution in [0.2, 0.25) is 0 Å². The Morgan fingerprint density at radius 3 is 2.58 bits per heavy atom. The summed E-state index contributed by atoms with van der Waals surface area (Å²) in [6, 6.07) is 4.89. The molecular formula is C27H34FN5O4S. The van der Waals surface area contributed by atoms with Crippen molar-refractivity contribution in [3.05, 3.63) is 52.8 Å². The molecule has 0 aliphatic carbocycles. The van der Waals surface area contributed by atoms with Crippen molar-refractivity contribution in [2.45, 2.75) is 39.7 Å². The van der Waals surface area contributed by atoms with Gasteiger partial charge in [0, 0.05) is 50.3 Å². The number of sulfone groups is 1. The van der Waals surface area contributed by atoms with Gasteiger partial charge in [0.15, 0.2) is 21.4 Å². The van der Waals surface area contributed by atoms with Crippen LogP contribution in [0.25, 0.3) is 5.57 Å². The summed E-state index contributed by atoms with van der Waals surface area (Å²) < 4.78 is 48.5. The molecule has 9 nitrogen and oxygen atoms in total. The Bertz CT molecular complexity index is 1380. The van der Waals surface area contributed by atoms with Crippen LogP contribution in [0.4, 0.5) is 4.39 Å². The van der Waals surface area contributed by atoms with Gasteiger partial charge in [-0.25, -0.2) is 17.8 Å². The fourth-order valence-corrected chi connectivity index (χ4v) is 6.73. The van der Waals surface area contributed by atoms with E-state index >= 15 is 0 Å². The Balaban J connectivity index is 1.38. The lowest BCUT2D eigenvalue weighted by Gasteiger charge is -2.31. The van der Waals surface area contributed by atoms with Crippen LogP contribution in [-0.4, -0.2) is 85.9 Å².